The summed E-state index contributed by atoms with van der Waals surface area (Å²) in [7, 11) is 0. The Bertz CT molecular complexity index is 1290. The van der Waals surface area contributed by atoms with Gasteiger partial charge in [0.05, 0.1) is 16.4 Å². The highest BCUT2D eigenvalue weighted by Crippen LogP contribution is 2.31. The SMILES string of the molecule is O=C1C[C@H](C(=O)Nc2ccccc2[N+](=O)[O-])c2c(nc(Nc3ccc(F)cc3)[nH]c2=O)N1. The second kappa shape index (κ2) is 8.26. The van der Waals surface area contributed by atoms with E-state index in [9.17, 15) is 28.9 Å². The summed E-state index contributed by atoms with van der Waals surface area (Å²) in [4.78, 5) is 54.9. The largest absolute Gasteiger partial charge is 0.326 e. The Morgan fingerprint density at radius 1 is 1.16 bits per heavy atom. The molecule has 0 spiro atoms. The Kier molecular flexibility index (Phi) is 5.33. The van der Waals surface area contributed by atoms with Gasteiger partial charge in [-0.3, -0.25) is 29.5 Å². The predicted molar refractivity (Wildman–Crippen MR) is 112 cm³/mol. The van der Waals surface area contributed by atoms with E-state index in [2.05, 4.69) is 25.9 Å². The van der Waals surface area contributed by atoms with Gasteiger partial charge in [0.25, 0.3) is 11.2 Å². The Balaban J connectivity index is 1.65. The number of fused-ring (bicyclic) bond motifs is 1. The summed E-state index contributed by atoms with van der Waals surface area (Å²) < 4.78 is 13.1. The second-order valence-corrected chi connectivity index (χ2v) is 6.88. The Morgan fingerprint density at radius 3 is 2.59 bits per heavy atom. The number of nitrogens with zero attached hydrogens (tertiary/aromatic N) is 2. The number of amides is 2. The van der Waals surface area contributed by atoms with Crippen molar-refractivity contribution in [1.82, 2.24) is 9.97 Å². The van der Waals surface area contributed by atoms with Crippen LogP contribution in [0, 0.1) is 15.9 Å². The maximum absolute atomic E-state index is 13.1. The molecule has 0 fully saturated rings. The van der Waals surface area contributed by atoms with Gasteiger partial charge in [0.2, 0.25) is 17.8 Å². The van der Waals surface area contributed by atoms with Gasteiger partial charge in [-0.05, 0) is 30.3 Å². The maximum Gasteiger partial charge on any atom is 0.292 e. The number of benzene rings is 2. The van der Waals surface area contributed by atoms with Crippen LogP contribution >= 0.6 is 0 Å². The van der Waals surface area contributed by atoms with E-state index >= 15 is 0 Å². The topological polar surface area (TPSA) is 159 Å². The zero-order valence-electron chi connectivity index (χ0n) is 16.2. The molecular formula is C20H15FN6O5. The molecule has 4 N–H and O–H groups in total. The van der Waals surface area contributed by atoms with Crippen LogP contribution in [0.1, 0.15) is 17.9 Å². The van der Waals surface area contributed by atoms with Crippen LogP contribution in [-0.4, -0.2) is 26.7 Å². The number of H-pyrrole nitrogens is 1. The summed E-state index contributed by atoms with van der Waals surface area (Å²) in [6, 6.07) is 10.8. The van der Waals surface area contributed by atoms with E-state index in [1.165, 1.54) is 48.5 Å². The first-order valence-corrected chi connectivity index (χ1v) is 9.33. The monoisotopic (exact) mass is 438 g/mol. The summed E-state index contributed by atoms with van der Waals surface area (Å²) in [6.45, 7) is 0. The molecule has 0 radical (unpaired) electrons. The van der Waals surface area contributed by atoms with Gasteiger partial charge < -0.3 is 16.0 Å². The minimum absolute atomic E-state index is 0.0274. The van der Waals surface area contributed by atoms with Crippen molar-refractivity contribution in [3.05, 3.63) is 80.4 Å². The molecule has 1 aromatic heterocycles. The van der Waals surface area contributed by atoms with Gasteiger partial charge in [-0.2, -0.15) is 4.98 Å². The molecule has 3 aromatic rings. The van der Waals surface area contributed by atoms with Gasteiger partial charge in [0, 0.05) is 18.2 Å². The Morgan fingerprint density at radius 2 is 1.88 bits per heavy atom. The van der Waals surface area contributed by atoms with Gasteiger partial charge in [-0.15, -0.1) is 0 Å². The van der Waals surface area contributed by atoms with Crippen LogP contribution in [-0.2, 0) is 9.59 Å². The van der Waals surface area contributed by atoms with Crippen molar-refractivity contribution in [1.29, 1.82) is 0 Å². The fourth-order valence-corrected chi connectivity index (χ4v) is 3.28. The number of halogens is 1. The number of carbonyl (C=O) groups is 2. The van der Waals surface area contributed by atoms with Crippen LogP contribution in [0.3, 0.4) is 0 Å². The lowest BCUT2D eigenvalue weighted by molar-refractivity contribution is -0.383. The molecule has 11 nitrogen and oxygen atoms in total. The first-order valence-electron chi connectivity index (χ1n) is 9.33. The molecule has 0 bridgehead atoms. The highest BCUT2D eigenvalue weighted by molar-refractivity contribution is 6.05. The van der Waals surface area contributed by atoms with Crippen molar-refractivity contribution in [2.45, 2.75) is 12.3 Å². The molecule has 2 aromatic carbocycles. The first-order chi connectivity index (χ1) is 15.3. The number of anilines is 4. The van der Waals surface area contributed by atoms with E-state index in [0.717, 1.165) is 0 Å². The normalized spacial score (nSPS) is 14.8. The van der Waals surface area contributed by atoms with Gasteiger partial charge in [0.15, 0.2) is 0 Å². The Labute approximate surface area is 178 Å². The molecule has 0 aliphatic carbocycles. The molecule has 1 atom stereocenters. The highest BCUT2D eigenvalue weighted by atomic mass is 19.1. The van der Waals surface area contributed by atoms with Crippen LogP contribution < -0.4 is 21.5 Å². The molecule has 12 heteroatoms. The van der Waals surface area contributed by atoms with E-state index in [1.807, 2.05) is 0 Å². The number of nitro groups is 1. The van der Waals surface area contributed by atoms with E-state index in [0.29, 0.717) is 5.69 Å². The molecule has 2 heterocycles. The molecule has 32 heavy (non-hydrogen) atoms. The standard InChI is InChI=1S/C20H15FN6O5/c21-10-5-7-11(8-6-10)22-20-25-17-16(19(30)26-20)12(9-15(28)24-17)18(29)23-13-3-1-2-4-14(13)27(31)32/h1-8,12H,9H2,(H,23,29)(H3,22,24,25,26,28,30)/t12-/m0/s1. The fraction of sp³-hybridized carbons (Fsp3) is 0.100. The summed E-state index contributed by atoms with van der Waals surface area (Å²) >= 11 is 0. The van der Waals surface area contributed by atoms with E-state index in [4.69, 9.17) is 0 Å². The third kappa shape index (κ3) is 4.14. The van der Waals surface area contributed by atoms with Crippen molar-refractivity contribution >= 4 is 40.6 Å². The number of nitrogens with one attached hydrogen (secondary N) is 4. The number of rotatable bonds is 5. The van der Waals surface area contributed by atoms with Crippen molar-refractivity contribution in [3.63, 3.8) is 0 Å². The van der Waals surface area contributed by atoms with Crippen molar-refractivity contribution in [2.24, 2.45) is 0 Å². The predicted octanol–water partition coefficient (Wildman–Crippen LogP) is 2.63. The summed E-state index contributed by atoms with van der Waals surface area (Å²) in [5.41, 5.74) is -0.712. The van der Waals surface area contributed by atoms with E-state index in [1.54, 1.807) is 0 Å². The minimum atomic E-state index is -1.21. The third-order valence-corrected chi connectivity index (χ3v) is 4.73. The molecule has 1 aliphatic rings. The number of aromatic nitrogens is 2. The molecule has 4 rings (SSSR count). The minimum Gasteiger partial charge on any atom is -0.326 e. The molecular weight excluding hydrogens is 423 g/mol. The average Bonchev–Trinajstić information content (AvgIpc) is 2.74. The fourth-order valence-electron chi connectivity index (χ4n) is 3.28. The van der Waals surface area contributed by atoms with Crippen LogP contribution in [0.15, 0.2) is 53.3 Å². The molecule has 2 amide bonds. The molecule has 162 valence electrons. The number of hydrogen-bond acceptors (Lipinski definition) is 7. The van der Waals surface area contributed by atoms with E-state index < -0.39 is 34.0 Å². The van der Waals surface area contributed by atoms with Crippen molar-refractivity contribution in [3.8, 4) is 0 Å². The zero-order chi connectivity index (χ0) is 22.8. The number of hydrogen-bond donors (Lipinski definition) is 4. The zero-order valence-corrected chi connectivity index (χ0v) is 16.2. The van der Waals surface area contributed by atoms with Gasteiger partial charge in [-0.1, -0.05) is 12.1 Å². The van der Waals surface area contributed by atoms with Crippen LogP contribution in [0.4, 0.5) is 33.2 Å². The lowest BCUT2D eigenvalue weighted by atomic mass is 9.92. The second-order valence-electron chi connectivity index (χ2n) is 6.88. The van der Waals surface area contributed by atoms with Crippen molar-refractivity contribution in [2.75, 3.05) is 16.0 Å². The number of aromatic amines is 1. The van der Waals surface area contributed by atoms with Crippen LogP contribution in [0.25, 0.3) is 0 Å². The molecule has 0 unspecified atom stereocenters. The summed E-state index contributed by atoms with van der Waals surface area (Å²) in [5.74, 6) is -3.11. The smallest absolute Gasteiger partial charge is 0.292 e. The molecule has 0 saturated heterocycles. The molecule has 1 aliphatic heterocycles. The van der Waals surface area contributed by atoms with E-state index in [-0.39, 0.29) is 35.1 Å². The number of carbonyl (C=O) groups excluding carboxylic acids is 2. The number of para-hydroxylation sites is 2. The highest BCUT2D eigenvalue weighted by Gasteiger charge is 2.35. The number of nitro benzene ring substituents is 1. The average molecular weight is 438 g/mol. The maximum atomic E-state index is 13.1. The van der Waals surface area contributed by atoms with Gasteiger partial charge >= 0.3 is 0 Å². The van der Waals surface area contributed by atoms with Crippen LogP contribution in [0.2, 0.25) is 0 Å². The summed E-state index contributed by atoms with van der Waals surface area (Å²) in [6.07, 6.45) is -0.338. The Hall–Kier alpha value is -4.61. The quantitative estimate of drug-likeness (QED) is 0.352. The first kappa shape index (κ1) is 20.7. The van der Waals surface area contributed by atoms with Gasteiger partial charge in [0.1, 0.15) is 17.3 Å². The summed E-state index contributed by atoms with van der Waals surface area (Å²) in [5, 5.41) is 18.8. The third-order valence-electron chi connectivity index (χ3n) is 4.73. The molecule has 0 saturated carbocycles. The lowest BCUT2D eigenvalue weighted by Crippen LogP contribution is -2.36. The van der Waals surface area contributed by atoms with Crippen LogP contribution in [0.5, 0.6) is 0 Å². The van der Waals surface area contributed by atoms with Crippen molar-refractivity contribution < 1.29 is 18.9 Å². The lowest BCUT2D eigenvalue weighted by Gasteiger charge is -2.23. The van der Waals surface area contributed by atoms with Gasteiger partial charge in [-0.25, -0.2) is 4.39 Å².